The average molecular weight is 517 g/mol. The first-order valence-corrected chi connectivity index (χ1v) is 12.9. The third-order valence-electron chi connectivity index (χ3n) is 5.61. The van der Waals surface area contributed by atoms with Gasteiger partial charge in [-0.05, 0) is 79.1 Å². The summed E-state index contributed by atoms with van der Waals surface area (Å²) >= 11 is 6.01. The van der Waals surface area contributed by atoms with Gasteiger partial charge < -0.3 is 14.8 Å². The number of sulfonamides is 1. The van der Waals surface area contributed by atoms with Crippen LogP contribution < -0.4 is 19.1 Å². The molecule has 0 bridgehead atoms. The van der Waals surface area contributed by atoms with E-state index >= 15 is 0 Å². The van der Waals surface area contributed by atoms with Gasteiger partial charge in [0.05, 0.1) is 30.8 Å². The van der Waals surface area contributed by atoms with Crippen LogP contribution in [-0.4, -0.2) is 35.1 Å². The maximum absolute atomic E-state index is 13.6. The molecule has 1 atom stereocenters. The molecule has 0 aliphatic heterocycles. The largest absolute Gasteiger partial charge is 0.497 e. The Kier molecular flexibility index (Phi) is 8.64. The number of ether oxygens (including phenoxy) is 2. The summed E-state index contributed by atoms with van der Waals surface area (Å²) in [5, 5.41) is 3.43. The molecule has 0 radical (unpaired) electrons. The van der Waals surface area contributed by atoms with E-state index in [2.05, 4.69) is 5.32 Å². The standard InChI is InChI=1S/C26H29ClN2O5S/c1-5-24(19-6-15-25(34-4)18(2)16-19)28-26(30)17-29(21-9-7-20(27)8-10-21)35(31,32)23-13-11-22(33-3)12-14-23/h6-16,24H,5,17H2,1-4H3,(H,28,30)/t24-/m1/s1. The highest BCUT2D eigenvalue weighted by atomic mass is 35.5. The molecular formula is C26H29ClN2O5S. The lowest BCUT2D eigenvalue weighted by atomic mass is 10.0. The molecule has 3 aromatic carbocycles. The summed E-state index contributed by atoms with van der Waals surface area (Å²) in [4.78, 5) is 13.2. The van der Waals surface area contributed by atoms with Crippen molar-refractivity contribution in [1.82, 2.24) is 5.32 Å². The van der Waals surface area contributed by atoms with Gasteiger partial charge in [-0.3, -0.25) is 9.10 Å². The summed E-state index contributed by atoms with van der Waals surface area (Å²) in [6.07, 6.45) is 0.629. The molecule has 9 heteroatoms. The number of anilines is 1. The molecular weight excluding hydrogens is 488 g/mol. The van der Waals surface area contributed by atoms with Gasteiger partial charge >= 0.3 is 0 Å². The number of rotatable bonds is 10. The second-order valence-corrected chi connectivity index (χ2v) is 10.2. The number of amides is 1. The number of hydrogen-bond donors (Lipinski definition) is 1. The number of carbonyl (C=O) groups is 1. The summed E-state index contributed by atoms with van der Waals surface area (Å²) in [6, 6.07) is 17.7. The van der Waals surface area contributed by atoms with E-state index in [4.69, 9.17) is 21.1 Å². The Labute approximate surface area is 211 Å². The Morgan fingerprint density at radius 2 is 1.66 bits per heavy atom. The number of carbonyl (C=O) groups excluding carboxylic acids is 1. The van der Waals surface area contributed by atoms with E-state index in [0.29, 0.717) is 22.9 Å². The molecule has 0 aliphatic rings. The lowest BCUT2D eigenvalue weighted by molar-refractivity contribution is -0.120. The predicted octanol–water partition coefficient (Wildman–Crippen LogP) is 5.13. The molecule has 0 aliphatic carbocycles. The second kappa shape index (κ2) is 11.5. The fraction of sp³-hybridized carbons (Fsp3) is 0.269. The molecule has 0 fully saturated rings. The highest BCUT2D eigenvalue weighted by Gasteiger charge is 2.28. The van der Waals surface area contributed by atoms with Gasteiger partial charge in [-0.2, -0.15) is 0 Å². The second-order valence-electron chi connectivity index (χ2n) is 7.92. The van der Waals surface area contributed by atoms with Crippen molar-refractivity contribution in [3.05, 3.63) is 82.9 Å². The normalized spacial score (nSPS) is 12.0. The van der Waals surface area contributed by atoms with Crippen LogP contribution in [0.25, 0.3) is 0 Å². The van der Waals surface area contributed by atoms with Crippen molar-refractivity contribution in [1.29, 1.82) is 0 Å². The first-order chi connectivity index (χ1) is 16.7. The topological polar surface area (TPSA) is 84.9 Å². The van der Waals surface area contributed by atoms with E-state index < -0.39 is 22.5 Å². The Morgan fingerprint density at radius 3 is 2.20 bits per heavy atom. The molecule has 0 heterocycles. The molecule has 0 unspecified atom stereocenters. The van der Waals surface area contributed by atoms with Crippen LogP contribution in [0.3, 0.4) is 0 Å². The Balaban J connectivity index is 1.90. The van der Waals surface area contributed by atoms with E-state index in [0.717, 1.165) is 21.2 Å². The third-order valence-corrected chi connectivity index (χ3v) is 7.65. The lowest BCUT2D eigenvalue weighted by Crippen LogP contribution is -2.42. The number of halogens is 1. The molecule has 0 spiro atoms. The molecule has 3 aromatic rings. The minimum Gasteiger partial charge on any atom is -0.497 e. The summed E-state index contributed by atoms with van der Waals surface area (Å²) in [5.74, 6) is 0.854. The molecule has 0 saturated carbocycles. The number of benzene rings is 3. The first kappa shape index (κ1) is 26.4. The minimum absolute atomic E-state index is 0.0406. The molecule has 186 valence electrons. The average Bonchev–Trinajstić information content (AvgIpc) is 2.86. The fourth-order valence-corrected chi connectivity index (χ4v) is 5.25. The van der Waals surface area contributed by atoms with Crippen LogP contribution >= 0.6 is 11.6 Å². The summed E-state index contributed by atoms with van der Waals surface area (Å²) in [7, 11) is -0.943. The van der Waals surface area contributed by atoms with E-state index in [1.54, 1.807) is 43.5 Å². The van der Waals surface area contributed by atoms with Crippen LogP contribution in [-0.2, 0) is 14.8 Å². The lowest BCUT2D eigenvalue weighted by Gasteiger charge is -2.26. The molecule has 1 N–H and O–H groups in total. The first-order valence-electron chi connectivity index (χ1n) is 11.1. The molecule has 35 heavy (non-hydrogen) atoms. The van der Waals surface area contributed by atoms with Crippen molar-refractivity contribution in [3.8, 4) is 11.5 Å². The van der Waals surface area contributed by atoms with Gasteiger partial charge in [0.25, 0.3) is 10.0 Å². The van der Waals surface area contributed by atoms with Crippen molar-refractivity contribution >= 4 is 33.2 Å². The number of nitrogens with zero attached hydrogens (tertiary/aromatic N) is 1. The zero-order valence-corrected chi connectivity index (χ0v) is 21.7. The number of hydrogen-bond acceptors (Lipinski definition) is 5. The van der Waals surface area contributed by atoms with Gasteiger partial charge in [-0.1, -0.05) is 30.7 Å². The number of nitrogens with one attached hydrogen (secondary N) is 1. The molecule has 0 saturated heterocycles. The Morgan fingerprint density at radius 1 is 1.00 bits per heavy atom. The van der Waals surface area contributed by atoms with E-state index in [1.165, 1.54) is 19.2 Å². The van der Waals surface area contributed by atoms with Gasteiger partial charge in [0.15, 0.2) is 0 Å². The SMILES string of the molecule is CC[C@@H](NC(=O)CN(c1ccc(Cl)cc1)S(=O)(=O)c1ccc(OC)cc1)c1ccc(OC)c(C)c1. The van der Waals surface area contributed by atoms with Crippen LogP contribution in [0.2, 0.25) is 5.02 Å². The molecule has 3 rings (SSSR count). The zero-order valence-electron chi connectivity index (χ0n) is 20.1. The monoisotopic (exact) mass is 516 g/mol. The van der Waals surface area contributed by atoms with Crippen LogP contribution in [0.5, 0.6) is 11.5 Å². The van der Waals surface area contributed by atoms with E-state index in [1.807, 2.05) is 32.0 Å². The quantitative estimate of drug-likeness (QED) is 0.404. The molecule has 0 aromatic heterocycles. The summed E-state index contributed by atoms with van der Waals surface area (Å²) in [6.45, 7) is 3.48. The van der Waals surface area contributed by atoms with Crippen LogP contribution in [0.15, 0.2) is 71.6 Å². The van der Waals surface area contributed by atoms with Gasteiger partial charge in [0.1, 0.15) is 18.0 Å². The summed E-state index contributed by atoms with van der Waals surface area (Å²) < 4.78 is 38.6. The zero-order chi connectivity index (χ0) is 25.6. The van der Waals surface area contributed by atoms with Crippen molar-refractivity contribution in [3.63, 3.8) is 0 Å². The van der Waals surface area contributed by atoms with Gasteiger partial charge in [0, 0.05) is 5.02 Å². The van der Waals surface area contributed by atoms with Crippen molar-refractivity contribution in [2.75, 3.05) is 25.1 Å². The summed E-state index contributed by atoms with van der Waals surface area (Å²) in [5.41, 5.74) is 2.19. The molecule has 7 nitrogen and oxygen atoms in total. The van der Waals surface area contributed by atoms with Gasteiger partial charge in [0.2, 0.25) is 5.91 Å². The minimum atomic E-state index is -4.05. The van der Waals surface area contributed by atoms with Crippen LogP contribution in [0.4, 0.5) is 5.69 Å². The van der Waals surface area contributed by atoms with Crippen molar-refractivity contribution in [2.45, 2.75) is 31.2 Å². The predicted molar refractivity (Wildman–Crippen MR) is 138 cm³/mol. The van der Waals surface area contributed by atoms with Gasteiger partial charge in [-0.25, -0.2) is 8.42 Å². The van der Waals surface area contributed by atoms with E-state index in [9.17, 15) is 13.2 Å². The third kappa shape index (κ3) is 6.26. The van der Waals surface area contributed by atoms with E-state index in [-0.39, 0.29) is 10.9 Å². The van der Waals surface area contributed by atoms with Crippen LogP contribution in [0.1, 0.15) is 30.5 Å². The van der Waals surface area contributed by atoms with Crippen molar-refractivity contribution < 1.29 is 22.7 Å². The highest BCUT2D eigenvalue weighted by Crippen LogP contribution is 2.27. The van der Waals surface area contributed by atoms with Crippen molar-refractivity contribution in [2.24, 2.45) is 0 Å². The number of aryl methyl sites for hydroxylation is 1. The maximum Gasteiger partial charge on any atom is 0.264 e. The van der Waals surface area contributed by atoms with Crippen LogP contribution in [0, 0.1) is 6.92 Å². The highest BCUT2D eigenvalue weighted by molar-refractivity contribution is 7.92. The Bertz CT molecular complexity index is 1260. The smallest absolute Gasteiger partial charge is 0.264 e. The number of methoxy groups -OCH3 is 2. The van der Waals surface area contributed by atoms with Gasteiger partial charge in [-0.15, -0.1) is 0 Å². The Hall–Kier alpha value is -3.23. The fourth-order valence-electron chi connectivity index (χ4n) is 3.71. The maximum atomic E-state index is 13.6. The molecule has 1 amide bonds.